The number of benzene rings is 1. The van der Waals surface area contributed by atoms with Crippen LogP contribution in [0, 0.1) is 0 Å². The lowest BCUT2D eigenvalue weighted by molar-refractivity contribution is 0.0696. The highest BCUT2D eigenvalue weighted by Crippen LogP contribution is 2.30. The van der Waals surface area contributed by atoms with E-state index in [9.17, 15) is 9.90 Å². The van der Waals surface area contributed by atoms with Crippen LogP contribution in [0.4, 0.5) is 0 Å². The second kappa shape index (κ2) is 4.51. The van der Waals surface area contributed by atoms with Gasteiger partial charge in [-0.3, -0.25) is 0 Å². The summed E-state index contributed by atoms with van der Waals surface area (Å²) in [4.78, 5) is 11.3. The van der Waals surface area contributed by atoms with Gasteiger partial charge in [0.25, 0.3) is 0 Å². The van der Waals surface area contributed by atoms with E-state index >= 15 is 0 Å². The van der Waals surface area contributed by atoms with E-state index in [-0.39, 0.29) is 11.6 Å². The van der Waals surface area contributed by atoms with Crippen molar-refractivity contribution in [3.05, 3.63) is 47.3 Å². The Kier molecular flexibility index (Phi) is 2.83. The van der Waals surface area contributed by atoms with Crippen LogP contribution < -0.4 is 5.73 Å². The van der Waals surface area contributed by atoms with Crippen molar-refractivity contribution in [3.8, 4) is 5.69 Å². The third kappa shape index (κ3) is 1.92. The first-order valence-electron chi connectivity index (χ1n) is 6.33. The van der Waals surface area contributed by atoms with Crippen LogP contribution in [0.1, 0.15) is 40.5 Å². The molecule has 0 radical (unpaired) electrons. The predicted octanol–water partition coefficient (Wildman–Crippen LogP) is 1.91. The molecule has 98 valence electrons. The Labute approximate surface area is 110 Å². The molecule has 0 saturated carbocycles. The Morgan fingerprint density at radius 2 is 2.21 bits per heavy atom. The first-order valence-corrected chi connectivity index (χ1v) is 6.33. The average molecular weight is 257 g/mol. The van der Waals surface area contributed by atoms with Crippen molar-refractivity contribution in [3.63, 3.8) is 0 Å². The molecule has 0 spiro atoms. The van der Waals surface area contributed by atoms with E-state index in [0.29, 0.717) is 5.69 Å². The SMILES string of the molecule is NC1CCCc2c1cnn2-c1ccccc1C(=O)O. The van der Waals surface area contributed by atoms with Gasteiger partial charge in [-0.1, -0.05) is 12.1 Å². The summed E-state index contributed by atoms with van der Waals surface area (Å²) in [5, 5.41) is 13.6. The molecule has 5 heteroatoms. The minimum absolute atomic E-state index is 0.00879. The molecule has 0 aliphatic heterocycles. The molecule has 1 aromatic heterocycles. The van der Waals surface area contributed by atoms with E-state index in [2.05, 4.69) is 5.10 Å². The molecular weight excluding hydrogens is 242 g/mol. The number of carboxylic acids is 1. The summed E-state index contributed by atoms with van der Waals surface area (Å²) in [5.74, 6) is -0.944. The van der Waals surface area contributed by atoms with Crippen LogP contribution in [0.15, 0.2) is 30.5 Å². The Balaban J connectivity index is 2.16. The van der Waals surface area contributed by atoms with Crippen LogP contribution >= 0.6 is 0 Å². The fourth-order valence-electron chi connectivity index (χ4n) is 2.64. The predicted molar refractivity (Wildman–Crippen MR) is 70.4 cm³/mol. The van der Waals surface area contributed by atoms with Gasteiger partial charge < -0.3 is 10.8 Å². The van der Waals surface area contributed by atoms with Crippen LogP contribution in [0.5, 0.6) is 0 Å². The Morgan fingerprint density at radius 1 is 1.42 bits per heavy atom. The second-order valence-electron chi connectivity index (χ2n) is 4.78. The van der Waals surface area contributed by atoms with Crippen molar-refractivity contribution < 1.29 is 9.90 Å². The number of fused-ring (bicyclic) bond motifs is 1. The Hall–Kier alpha value is -2.14. The second-order valence-corrected chi connectivity index (χ2v) is 4.78. The smallest absolute Gasteiger partial charge is 0.337 e. The number of hydrogen-bond donors (Lipinski definition) is 2. The highest BCUT2D eigenvalue weighted by Gasteiger charge is 2.23. The largest absolute Gasteiger partial charge is 0.478 e. The number of aromatic nitrogens is 2. The van der Waals surface area contributed by atoms with Gasteiger partial charge in [0, 0.05) is 17.3 Å². The molecule has 1 unspecified atom stereocenters. The minimum atomic E-state index is -0.944. The average Bonchev–Trinajstić information content (AvgIpc) is 2.84. The lowest BCUT2D eigenvalue weighted by Gasteiger charge is -2.20. The van der Waals surface area contributed by atoms with Crippen LogP contribution in [0.3, 0.4) is 0 Å². The molecule has 1 aliphatic rings. The summed E-state index contributed by atoms with van der Waals surface area (Å²) in [7, 11) is 0. The van der Waals surface area contributed by atoms with E-state index in [1.165, 1.54) is 0 Å². The van der Waals surface area contributed by atoms with Crippen molar-refractivity contribution in [1.29, 1.82) is 0 Å². The van der Waals surface area contributed by atoms with Gasteiger partial charge in [-0.25, -0.2) is 9.48 Å². The van der Waals surface area contributed by atoms with E-state index in [0.717, 1.165) is 30.5 Å². The summed E-state index contributed by atoms with van der Waals surface area (Å²) in [6, 6.07) is 6.91. The monoisotopic (exact) mass is 257 g/mol. The summed E-state index contributed by atoms with van der Waals surface area (Å²) >= 11 is 0. The molecule has 5 nitrogen and oxygen atoms in total. The molecule has 1 atom stereocenters. The molecule has 1 aromatic carbocycles. The number of rotatable bonds is 2. The first-order chi connectivity index (χ1) is 9.18. The van der Waals surface area contributed by atoms with Crippen molar-refractivity contribution >= 4 is 5.97 Å². The van der Waals surface area contributed by atoms with Crippen molar-refractivity contribution in [2.45, 2.75) is 25.3 Å². The number of nitrogens with zero attached hydrogens (tertiary/aromatic N) is 2. The molecule has 1 aliphatic carbocycles. The van der Waals surface area contributed by atoms with Crippen LogP contribution in [0.2, 0.25) is 0 Å². The zero-order valence-electron chi connectivity index (χ0n) is 10.4. The van der Waals surface area contributed by atoms with Gasteiger partial charge in [0.05, 0.1) is 17.4 Å². The lowest BCUT2D eigenvalue weighted by Crippen LogP contribution is -2.18. The van der Waals surface area contributed by atoms with E-state index in [1.807, 2.05) is 6.07 Å². The van der Waals surface area contributed by atoms with E-state index < -0.39 is 5.97 Å². The van der Waals surface area contributed by atoms with Gasteiger partial charge >= 0.3 is 5.97 Å². The fraction of sp³-hybridized carbons (Fsp3) is 0.286. The maximum Gasteiger partial charge on any atom is 0.337 e. The van der Waals surface area contributed by atoms with Gasteiger partial charge in [0.2, 0.25) is 0 Å². The summed E-state index contributed by atoms with van der Waals surface area (Å²) in [5.41, 5.74) is 8.99. The quantitative estimate of drug-likeness (QED) is 0.861. The van der Waals surface area contributed by atoms with Crippen molar-refractivity contribution in [1.82, 2.24) is 9.78 Å². The molecule has 19 heavy (non-hydrogen) atoms. The highest BCUT2D eigenvalue weighted by atomic mass is 16.4. The molecular formula is C14H15N3O2. The molecule has 2 aromatic rings. The molecule has 3 rings (SSSR count). The third-order valence-electron chi connectivity index (χ3n) is 3.59. The van der Waals surface area contributed by atoms with Gasteiger partial charge in [0.15, 0.2) is 0 Å². The zero-order chi connectivity index (χ0) is 13.4. The fourth-order valence-corrected chi connectivity index (χ4v) is 2.64. The van der Waals surface area contributed by atoms with Crippen LogP contribution in [-0.2, 0) is 6.42 Å². The number of hydrogen-bond acceptors (Lipinski definition) is 3. The minimum Gasteiger partial charge on any atom is -0.478 e. The maximum absolute atomic E-state index is 11.3. The maximum atomic E-state index is 11.3. The van der Waals surface area contributed by atoms with E-state index in [4.69, 9.17) is 5.73 Å². The molecule has 0 fully saturated rings. The summed E-state index contributed by atoms with van der Waals surface area (Å²) < 4.78 is 1.72. The number of nitrogens with two attached hydrogens (primary N) is 1. The Bertz CT molecular complexity index is 633. The molecule has 1 heterocycles. The molecule has 0 bridgehead atoms. The van der Waals surface area contributed by atoms with Crippen LogP contribution in [0.25, 0.3) is 5.69 Å². The topological polar surface area (TPSA) is 81.1 Å². The summed E-state index contributed by atoms with van der Waals surface area (Å²) in [6.45, 7) is 0. The summed E-state index contributed by atoms with van der Waals surface area (Å²) in [6.07, 6.45) is 4.61. The van der Waals surface area contributed by atoms with Gasteiger partial charge in [0.1, 0.15) is 0 Å². The molecule has 0 amide bonds. The van der Waals surface area contributed by atoms with E-state index in [1.54, 1.807) is 29.1 Å². The van der Waals surface area contributed by atoms with Crippen LogP contribution in [-0.4, -0.2) is 20.9 Å². The van der Waals surface area contributed by atoms with Gasteiger partial charge in [-0.15, -0.1) is 0 Å². The highest BCUT2D eigenvalue weighted by molar-refractivity contribution is 5.91. The Morgan fingerprint density at radius 3 is 3.00 bits per heavy atom. The number of carboxylic acid groups (broad SMARTS) is 1. The number of para-hydroxylation sites is 1. The van der Waals surface area contributed by atoms with Crippen molar-refractivity contribution in [2.24, 2.45) is 5.73 Å². The van der Waals surface area contributed by atoms with Gasteiger partial charge in [-0.05, 0) is 31.4 Å². The third-order valence-corrected chi connectivity index (χ3v) is 3.59. The van der Waals surface area contributed by atoms with Gasteiger partial charge in [-0.2, -0.15) is 5.10 Å². The standard InChI is InChI=1S/C14H15N3O2/c15-11-5-3-7-13-10(11)8-16-17(13)12-6-2-1-4-9(12)14(18)19/h1-2,4,6,8,11H,3,5,7,15H2,(H,18,19). The lowest BCUT2D eigenvalue weighted by atomic mass is 9.93. The molecule has 3 N–H and O–H groups in total. The zero-order valence-corrected chi connectivity index (χ0v) is 10.4. The van der Waals surface area contributed by atoms with Crippen molar-refractivity contribution in [2.75, 3.05) is 0 Å². The number of carbonyl (C=O) groups is 1. The number of aromatic carboxylic acids is 1. The first kappa shape index (κ1) is 11.9. The normalized spacial score (nSPS) is 18.1. The molecule has 0 saturated heterocycles.